The Bertz CT molecular complexity index is 876. The van der Waals surface area contributed by atoms with Crippen molar-refractivity contribution in [1.29, 1.82) is 0 Å². The van der Waals surface area contributed by atoms with E-state index in [0.717, 1.165) is 28.3 Å². The Morgan fingerprint density at radius 3 is 2.27 bits per heavy atom. The van der Waals surface area contributed by atoms with Crippen LogP contribution < -0.4 is 0 Å². The average Bonchev–Trinajstić information content (AvgIpc) is 3.40. The van der Waals surface area contributed by atoms with Crippen molar-refractivity contribution in [2.45, 2.75) is 42.8 Å². The normalized spacial score (nSPS) is 32.5. The van der Waals surface area contributed by atoms with Gasteiger partial charge in [0.1, 0.15) is 10.9 Å². The molecular weight excluding hydrogens is 366 g/mol. The molecule has 1 saturated carbocycles. The van der Waals surface area contributed by atoms with Gasteiger partial charge in [-0.3, -0.25) is 9.59 Å². The van der Waals surface area contributed by atoms with Crippen molar-refractivity contribution in [3.05, 3.63) is 34.8 Å². The van der Waals surface area contributed by atoms with Crippen LogP contribution in [0, 0.1) is 18.8 Å². The third-order valence-corrected chi connectivity index (χ3v) is 7.72. The van der Waals surface area contributed by atoms with Crippen LogP contribution in [0.3, 0.4) is 0 Å². The fourth-order valence-electron chi connectivity index (χ4n) is 4.73. The third-order valence-electron chi connectivity index (χ3n) is 5.94. The highest BCUT2D eigenvalue weighted by Crippen LogP contribution is 2.52. The third kappa shape index (κ3) is 2.28. The number of rotatable bonds is 3. The largest absolute Gasteiger partial charge is 0.373 e. The Kier molecular flexibility index (Phi) is 3.85. The maximum Gasteiger partial charge on any atom is 0.155 e. The van der Waals surface area contributed by atoms with Crippen molar-refractivity contribution in [3.8, 4) is 10.6 Å². The van der Waals surface area contributed by atoms with Crippen LogP contribution in [0.5, 0.6) is 0 Å². The molecule has 1 aliphatic carbocycles. The van der Waals surface area contributed by atoms with E-state index in [1.807, 2.05) is 13.2 Å². The van der Waals surface area contributed by atoms with Crippen LogP contribution in [0.15, 0.2) is 29.2 Å². The van der Waals surface area contributed by atoms with Gasteiger partial charge in [0, 0.05) is 15.3 Å². The lowest BCUT2D eigenvalue weighted by Crippen LogP contribution is -2.29. The van der Waals surface area contributed by atoms with Crippen molar-refractivity contribution < 1.29 is 14.3 Å². The summed E-state index contributed by atoms with van der Waals surface area (Å²) >= 11 is 3.26. The summed E-state index contributed by atoms with van der Waals surface area (Å²) in [5.74, 6) is -1.10. The Morgan fingerprint density at radius 1 is 1.08 bits per heavy atom. The molecule has 2 bridgehead atoms. The lowest BCUT2D eigenvalue weighted by molar-refractivity contribution is -0.127. The first-order chi connectivity index (χ1) is 12.6. The molecule has 134 valence electrons. The number of fused-ring (bicyclic) bond motifs is 5. The first-order valence-corrected chi connectivity index (χ1v) is 11.0. The summed E-state index contributed by atoms with van der Waals surface area (Å²) in [6, 6.07) is 8.24. The fourth-order valence-corrected chi connectivity index (χ4v) is 6.09. The number of aromatic nitrogens is 1. The van der Waals surface area contributed by atoms with Crippen molar-refractivity contribution in [2.24, 2.45) is 11.8 Å². The van der Waals surface area contributed by atoms with Gasteiger partial charge in [0.2, 0.25) is 0 Å². The predicted molar refractivity (Wildman–Crippen MR) is 102 cm³/mol. The molecule has 0 amide bonds. The minimum Gasteiger partial charge on any atom is -0.373 e. The number of aryl methyl sites for hydroxylation is 1. The highest BCUT2D eigenvalue weighted by molar-refractivity contribution is 7.98. The molecular formula is C20H19NO3S2. The molecule has 3 aliphatic rings. The Labute approximate surface area is 160 Å². The van der Waals surface area contributed by atoms with Gasteiger partial charge in [0.25, 0.3) is 0 Å². The van der Waals surface area contributed by atoms with E-state index in [-0.39, 0.29) is 35.6 Å². The van der Waals surface area contributed by atoms with Crippen LogP contribution in [-0.4, -0.2) is 35.0 Å². The molecule has 5 rings (SSSR count). The zero-order chi connectivity index (χ0) is 18.0. The van der Waals surface area contributed by atoms with E-state index in [0.29, 0.717) is 5.69 Å². The predicted octanol–water partition coefficient (Wildman–Crippen LogP) is 3.87. The van der Waals surface area contributed by atoms with E-state index in [4.69, 9.17) is 9.72 Å². The Morgan fingerprint density at radius 2 is 1.69 bits per heavy atom. The number of thiazole rings is 1. The number of carbonyl (C=O) groups excluding carboxylic acids is 2. The standard InChI is InChI=1S/C20H19NO3S2/c1-9-17(21-20(26-9)10-3-5-11(25-2)6-4-10)16-18(22)14-12-7-8-13(24-12)15(14)19(16)23/h3-6,12-16H,7-8H2,1-2H3/t12?,13?,14-,15+,16?. The van der Waals surface area contributed by atoms with Gasteiger partial charge in [-0.25, -0.2) is 4.98 Å². The van der Waals surface area contributed by atoms with Crippen LogP contribution in [0.2, 0.25) is 0 Å². The van der Waals surface area contributed by atoms with E-state index in [1.165, 1.54) is 4.90 Å². The number of nitrogens with zero attached hydrogens (tertiary/aromatic N) is 1. The summed E-state index contributed by atoms with van der Waals surface area (Å²) in [6.45, 7) is 1.96. The number of carbonyl (C=O) groups is 2. The Balaban J connectivity index is 1.50. The van der Waals surface area contributed by atoms with Crippen LogP contribution >= 0.6 is 23.1 Å². The summed E-state index contributed by atoms with van der Waals surface area (Å²) in [5.41, 5.74) is 1.70. The maximum absolute atomic E-state index is 13.0. The smallest absolute Gasteiger partial charge is 0.155 e. The number of hydrogen-bond acceptors (Lipinski definition) is 6. The van der Waals surface area contributed by atoms with Gasteiger partial charge in [-0.05, 0) is 38.2 Å². The number of Topliss-reactive ketones (excluding diaryl/α,β-unsaturated/α-hetero) is 2. The number of ketones is 2. The molecule has 1 aromatic heterocycles. The van der Waals surface area contributed by atoms with Gasteiger partial charge in [-0.15, -0.1) is 23.1 Å². The second-order valence-corrected chi connectivity index (χ2v) is 9.35. The van der Waals surface area contributed by atoms with Gasteiger partial charge >= 0.3 is 0 Å². The highest BCUT2D eigenvalue weighted by atomic mass is 32.2. The van der Waals surface area contributed by atoms with Gasteiger partial charge < -0.3 is 4.74 Å². The second-order valence-electron chi connectivity index (χ2n) is 7.27. The van der Waals surface area contributed by atoms with Crippen molar-refractivity contribution in [1.82, 2.24) is 4.98 Å². The van der Waals surface area contributed by atoms with Crippen LogP contribution in [0.1, 0.15) is 29.3 Å². The molecule has 2 aromatic rings. The lowest BCUT2D eigenvalue weighted by Gasteiger charge is -2.16. The molecule has 0 N–H and O–H groups in total. The van der Waals surface area contributed by atoms with E-state index < -0.39 is 5.92 Å². The minimum atomic E-state index is -0.688. The molecule has 0 radical (unpaired) electrons. The van der Waals surface area contributed by atoms with Crippen molar-refractivity contribution in [2.75, 3.05) is 6.26 Å². The number of thioether (sulfide) groups is 1. The number of hydrogen-bond donors (Lipinski definition) is 0. The Hall–Kier alpha value is -1.50. The zero-order valence-corrected chi connectivity index (χ0v) is 16.2. The topological polar surface area (TPSA) is 56.3 Å². The minimum absolute atomic E-state index is 0.0323. The number of benzene rings is 1. The lowest BCUT2D eigenvalue weighted by atomic mass is 9.81. The molecule has 26 heavy (non-hydrogen) atoms. The second kappa shape index (κ2) is 6.01. The van der Waals surface area contributed by atoms with Gasteiger partial charge in [0.05, 0.1) is 29.7 Å². The van der Waals surface area contributed by atoms with E-state index >= 15 is 0 Å². The zero-order valence-electron chi connectivity index (χ0n) is 14.6. The van der Waals surface area contributed by atoms with Crippen LogP contribution in [0.25, 0.3) is 10.6 Å². The first-order valence-electron chi connectivity index (χ1n) is 8.93. The monoisotopic (exact) mass is 385 g/mol. The van der Waals surface area contributed by atoms with Crippen LogP contribution in [0.4, 0.5) is 0 Å². The molecule has 6 heteroatoms. The SMILES string of the molecule is CSc1ccc(-c2nc(C3C(=O)[C@@H]4C5CCC(O5)[C@@H]4C3=O)c(C)s2)cc1. The molecule has 3 unspecified atom stereocenters. The van der Waals surface area contributed by atoms with Gasteiger partial charge in [-0.2, -0.15) is 0 Å². The molecule has 2 aliphatic heterocycles. The summed E-state index contributed by atoms with van der Waals surface area (Å²) in [4.78, 5) is 33.0. The molecule has 4 nitrogen and oxygen atoms in total. The van der Waals surface area contributed by atoms with Gasteiger partial charge in [0.15, 0.2) is 11.6 Å². The van der Waals surface area contributed by atoms with E-state index in [2.05, 4.69) is 24.3 Å². The summed E-state index contributed by atoms with van der Waals surface area (Å²) in [5, 5.41) is 0.877. The highest BCUT2D eigenvalue weighted by Gasteiger charge is 2.63. The summed E-state index contributed by atoms with van der Waals surface area (Å²) < 4.78 is 5.83. The molecule has 0 spiro atoms. The summed E-state index contributed by atoms with van der Waals surface area (Å²) in [6.07, 6.45) is 3.75. The first kappa shape index (κ1) is 16.7. The number of ether oxygens (including phenoxy) is 1. The van der Waals surface area contributed by atoms with E-state index in [1.54, 1.807) is 23.1 Å². The van der Waals surface area contributed by atoms with Crippen molar-refractivity contribution >= 4 is 34.7 Å². The molecule has 2 saturated heterocycles. The molecule has 3 heterocycles. The van der Waals surface area contributed by atoms with Gasteiger partial charge in [-0.1, -0.05) is 12.1 Å². The maximum atomic E-state index is 13.0. The fraction of sp³-hybridized carbons (Fsp3) is 0.450. The molecule has 5 atom stereocenters. The van der Waals surface area contributed by atoms with E-state index in [9.17, 15) is 9.59 Å². The quantitative estimate of drug-likeness (QED) is 0.593. The molecule has 3 fully saturated rings. The van der Waals surface area contributed by atoms with Crippen LogP contribution in [-0.2, 0) is 14.3 Å². The molecule has 1 aromatic carbocycles. The summed E-state index contributed by atoms with van der Waals surface area (Å²) in [7, 11) is 0. The van der Waals surface area contributed by atoms with Crippen molar-refractivity contribution in [3.63, 3.8) is 0 Å². The average molecular weight is 386 g/mol.